The van der Waals surface area contributed by atoms with Crippen molar-refractivity contribution < 1.29 is 4.79 Å². The Morgan fingerprint density at radius 2 is 1.88 bits per heavy atom. The minimum atomic E-state index is 0.152. The first-order valence-electron chi connectivity index (χ1n) is 10.1. The van der Waals surface area contributed by atoms with Crippen LogP contribution in [0.3, 0.4) is 0 Å². The summed E-state index contributed by atoms with van der Waals surface area (Å²) in [5, 5.41) is 7.71. The normalized spacial score (nSPS) is 16.4. The quantitative estimate of drug-likeness (QED) is 0.680. The van der Waals surface area contributed by atoms with E-state index < -0.39 is 0 Å². The van der Waals surface area contributed by atoms with Crippen LogP contribution in [0.1, 0.15) is 43.6 Å². The highest BCUT2D eigenvalue weighted by molar-refractivity contribution is 5.76. The first-order chi connectivity index (χ1) is 12.4. The molecular formula is C20H37N5O. The molecule has 2 heterocycles. The van der Waals surface area contributed by atoms with Crippen molar-refractivity contribution in [2.45, 2.75) is 53.5 Å². The fourth-order valence-electron chi connectivity index (χ4n) is 3.55. The second-order valence-electron chi connectivity index (χ2n) is 8.07. The van der Waals surface area contributed by atoms with Gasteiger partial charge in [0.25, 0.3) is 0 Å². The monoisotopic (exact) mass is 363 g/mol. The number of amides is 1. The summed E-state index contributed by atoms with van der Waals surface area (Å²) in [6.07, 6.45) is 2.35. The van der Waals surface area contributed by atoms with Gasteiger partial charge in [-0.15, -0.1) is 0 Å². The SMILES string of the molecule is Cc1nn(CC(C)C)c(C)c1CCC(=O)NCCCN1CCN(C)CC1. The molecule has 1 amide bonds. The summed E-state index contributed by atoms with van der Waals surface area (Å²) < 4.78 is 2.09. The summed E-state index contributed by atoms with van der Waals surface area (Å²) in [6.45, 7) is 15.9. The van der Waals surface area contributed by atoms with E-state index in [9.17, 15) is 4.79 Å². The van der Waals surface area contributed by atoms with E-state index >= 15 is 0 Å². The molecule has 1 saturated heterocycles. The van der Waals surface area contributed by atoms with E-state index in [1.165, 1.54) is 11.3 Å². The molecule has 148 valence electrons. The number of aryl methyl sites for hydroxylation is 1. The van der Waals surface area contributed by atoms with Gasteiger partial charge in [-0.2, -0.15) is 5.10 Å². The van der Waals surface area contributed by atoms with Crippen molar-refractivity contribution in [1.82, 2.24) is 24.9 Å². The van der Waals surface area contributed by atoms with Crippen molar-refractivity contribution in [2.24, 2.45) is 5.92 Å². The number of carbonyl (C=O) groups excluding carboxylic acids is 1. The third-order valence-corrected chi connectivity index (χ3v) is 5.24. The largest absolute Gasteiger partial charge is 0.356 e. The van der Waals surface area contributed by atoms with Gasteiger partial charge < -0.3 is 15.1 Å². The first kappa shape index (κ1) is 20.9. The van der Waals surface area contributed by atoms with Crippen LogP contribution in [0, 0.1) is 19.8 Å². The molecule has 0 bridgehead atoms. The van der Waals surface area contributed by atoms with E-state index in [4.69, 9.17) is 0 Å². The van der Waals surface area contributed by atoms with E-state index in [0.29, 0.717) is 12.3 Å². The van der Waals surface area contributed by atoms with Crippen LogP contribution in [-0.2, 0) is 17.8 Å². The number of rotatable bonds is 9. The fourth-order valence-corrected chi connectivity index (χ4v) is 3.55. The summed E-state index contributed by atoms with van der Waals surface area (Å²) in [7, 11) is 2.17. The molecule has 0 spiro atoms. The van der Waals surface area contributed by atoms with Crippen molar-refractivity contribution in [3.05, 3.63) is 17.0 Å². The Kier molecular flexibility index (Phi) is 8.10. The molecule has 6 heteroatoms. The molecule has 2 rings (SSSR count). The van der Waals surface area contributed by atoms with Crippen molar-refractivity contribution in [3.8, 4) is 0 Å². The van der Waals surface area contributed by atoms with Gasteiger partial charge in [-0.1, -0.05) is 13.8 Å². The van der Waals surface area contributed by atoms with E-state index in [2.05, 4.69) is 52.7 Å². The topological polar surface area (TPSA) is 53.4 Å². The summed E-state index contributed by atoms with van der Waals surface area (Å²) in [6, 6.07) is 0. The van der Waals surface area contributed by atoms with Gasteiger partial charge in [-0.25, -0.2) is 0 Å². The van der Waals surface area contributed by atoms with Gasteiger partial charge in [-0.05, 0) is 51.8 Å². The third kappa shape index (κ3) is 6.40. The maximum atomic E-state index is 12.2. The molecule has 0 aromatic carbocycles. The van der Waals surface area contributed by atoms with Crippen LogP contribution in [0.5, 0.6) is 0 Å². The van der Waals surface area contributed by atoms with Crippen LogP contribution in [-0.4, -0.2) is 71.8 Å². The van der Waals surface area contributed by atoms with Crippen LogP contribution < -0.4 is 5.32 Å². The first-order valence-corrected chi connectivity index (χ1v) is 10.1. The van der Waals surface area contributed by atoms with E-state index in [1.54, 1.807) is 0 Å². The Balaban J connectivity index is 1.66. The van der Waals surface area contributed by atoms with Crippen LogP contribution >= 0.6 is 0 Å². The number of nitrogens with zero attached hydrogens (tertiary/aromatic N) is 4. The van der Waals surface area contributed by atoms with Crippen LogP contribution in [0.25, 0.3) is 0 Å². The van der Waals surface area contributed by atoms with Crippen LogP contribution in [0.2, 0.25) is 0 Å². The molecular weight excluding hydrogens is 326 g/mol. The zero-order chi connectivity index (χ0) is 19.1. The van der Waals surface area contributed by atoms with Crippen LogP contribution in [0.15, 0.2) is 0 Å². The standard InChI is InChI=1S/C20H37N5O/c1-16(2)15-25-18(4)19(17(3)22-25)7-8-20(26)21-9-6-10-24-13-11-23(5)12-14-24/h16H,6-15H2,1-5H3,(H,21,26). The lowest BCUT2D eigenvalue weighted by molar-refractivity contribution is -0.121. The smallest absolute Gasteiger partial charge is 0.220 e. The van der Waals surface area contributed by atoms with Gasteiger partial charge in [0.1, 0.15) is 0 Å². The highest BCUT2D eigenvalue weighted by Gasteiger charge is 2.15. The van der Waals surface area contributed by atoms with Gasteiger partial charge in [-0.3, -0.25) is 9.48 Å². The van der Waals surface area contributed by atoms with Crippen molar-refractivity contribution >= 4 is 5.91 Å². The molecule has 1 aromatic heterocycles. The Labute approximate surface area is 158 Å². The summed E-state index contributed by atoms with van der Waals surface area (Å²) in [5.41, 5.74) is 3.50. The maximum absolute atomic E-state index is 12.2. The average Bonchev–Trinajstić information content (AvgIpc) is 2.84. The fraction of sp³-hybridized carbons (Fsp3) is 0.800. The maximum Gasteiger partial charge on any atom is 0.220 e. The summed E-state index contributed by atoms with van der Waals surface area (Å²) in [4.78, 5) is 17.0. The molecule has 0 aliphatic carbocycles. The minimum Gasteiger partial charge on any atom is -0.356 e. The van der Waals surface area contributed by atoms with Crippen molar-refractivity contribution in [3.63, 3.8) is 0 Å². The van der Waals surface area contributed by atoms with Gasteiger partial charge in [0, 0.05) is 51.4 Å². The van der Waals surface area contributed by atoms with Crippen molar-refractivity contribution in [2.75, 3.05) is 46.3 Å². The van der Waals surface area contributed by atoms with E-state index in [0.717, 1.165) is 64.3 Å². The Morgan fingerprint density at radius 3 is 2.54 bits per heavy atom. The predicted molar refractivity (Wildman–Crippen MR) is 106 cm³/mol. The molecule has 1 fully saturated rings. The number of likely N-dealkylation sites (N-methyl/N-ethyl adjacent to an activating group) is 1. The second-order valence-corrected chi connectivity index (χ2v) is 8.07. The lowest BCUT2D eigenvalue weighted by Gasteiger charge is -2.32. The van der Waals surface area contributed by atoms with Crippen LogP contribution in [0.4, 0.5) is 0 Å². The highest BCUT2D eigenvalue weighted by atomic mass is 16.1. The molecule has 1 N–H and O–H groups in total. The zero-order valence-corrected chi connectivity index (χ0v) is 17.3. The molecule has 1 aromatic rings. The number of hydrogen-bond acceptors (Lipinski definition) is 4. The molecule has 6 nitrogen and oxygen atoms in total. The second kappa shape index (κ2) is 10.1. The summed E-state index contributed by atoms with van der Waals surface area (Å²) in [5.74, 6) is 0.725. The molecule has 1 aliphatic heterocycles. The number of piperazine rings is 1. The Hall–Kier alpha value is -1.40. The van der Waals surface area contributed by atoms with Crippen molar-refractivity contribution in [1.29, 1.82) is 0 Å². The average molecular weight is 364 g/mol. The van der Waals surface area contributed by atoms with Gasteiger partial charge in [0.05, 0.1) is 5.69 Å². The molecule has 26 heavy (non-hydrogen) atoms. The Bertz CT molecular complexity index is 573. The van der Waals surface area contributed by atoms with Gasteiger partial charge in [0.15, 0.2) is 0 Å². The van der Waals surface area contributed by atoms with Gasteiger partial charge >= 0.3 is 0 Å². The third-order valence-electron chi connectivity index (χ3n) is 5.24. The molecule has 1 aliphatic rings. The lowest BCUT2D eigenvalue weighted by Crippen LogP contribution is -2.45. The molecule has 0 unspecified atom stereocenters. The predicted octanol–water partition coefficient (Wildman–Crippen LogP) is 1.84. The highest BCUT2D eigenvalue weighted by Crippen LogP contribution is 2.16. The number of hydrogen-bond donors (Lipinski definition) is 1. The molecule has 0 saturated carbocycles. The molecule has 0 radical (unpaired) electrons. The zero-order valence-electron chi connectivity index (χ0n) is 17.3. The van der Waals surface area contributed by atoms with Gasteiger partial charge in [0.2, 0.25) is 5.91 Å². The number of aromatic nitrogens is 2. The minimum absolute atomic E-state index is 0.152. The number of carbonyl (C=O) groups is 1. The van der Waals surface area contributed by atoms with E-state index in [-0.39, 0.29) is 5.91 Å². The number of nitrogens with one attached hydrogen (secondary N) is 1. The summed E-state index contributed by atoms with van der Waals surface area (Å²) >= 11 is 0. The molecule has 0 atom stereocenters. The Morgan fingerprint density at radius 1 is 1.19 bits per heavy atom. The lowest BCUT2D eigenvalue weighted by atomic mass is 10.1. The van der Waals surface area contributed by atoms with E-state index in [1.807, 2.05) is 6.92 Å².